The highest BCUT2D eigenvalue weighted by Gasteiger charge is 2.24. The van der Waals surface area contributed by atoms with Gasteiger partial charge in [-0.3, -0.25) is 4.79 Å². The zero-order valence-electron chi connectivity index (χ0n) is 14.4. The first-order chi connectivity index (χ1) is 10.7. The Morgan fingerprint density at radius 3 is 2.59 bits per heavy atom. The molecule has 1 aliphatic rings. The standard InChI is InChI=1S/C20H34O2/c1-2-3-4-5-6-9-13-18-15-12-16-19(18)14-10-7-8-11-17-20(21)22/h18-19H,2-8,10-12,14-17H2,1H3,(H,21,22)/t18-,19-/m0/s1. The molecule has 0 aliphatic heterocycles. The summed E-state index contributed by atoms with van der Waals surface area (Å²) in [6.45, 7) is 2.25. The van der Waals surface area contributed by atoms with E-state index in [9.17, 15) is 4.79 Å². The maximum Gasteiger partial charge on any atom is 0.303 e. The number of carboxylic acids is 1. The molecule has 0 amide bonds. The van der Waals surface area contributed by atoms with Gasteiger partial charge in [0.1, 0.15) is 0 Å². The molecule has 0 unspecified atom stereocenters. The lowest BCUT2D eigenvalue weighted by Gasteiger charge is -2.14. The molecule has 22 heavy (non-hydrogen) atoms. The number of hydrogen-bond acceptors (Lipinski definition) is 1. The smallest absolute Gasteiger partial charge is 0.303 e. The van der Waals surface area contributed by atoms with Crippen LogP contribution >= 0.6 is 0 Å². The van der Waals surface area contributed by atoms with Gasteiger partial charge in [-0.25, -0.2) is 0 Å². The summed E-state index contributed by atoms with van der Waals surface area (Å²) in [6.07, 6.45) is 16.3. The highest BCUT2D eigenvalue weighted by Crippen LogP contribution is 2.35. The lowest BCUT2D eigenvalue weighted by atomic mass is 9.91. The third kappa shape index (κ3) is 9.13. The molecule has 1 rings (SSSR count). The molecule has 0 aromatic carbocycles. The second-order valence-electron chi connectivity index (χ2n) is 6.78. The van der Waals surface area contributed by atoms with E-state index in [2.05, 4.69) is 18.8 Å². The summed E-state index contributed by atoms with van der Waals surface area (Å²) in [4.78, 5) is 10.5. The van der Waals surface area contributed by atoms with Crippen molar-refractivity contribution < 1.29 is 9.90 Å². The summed E-state index contributed by atoms with van der Waals surface area (Å²) in [7, 11) is 0. The number of rotatable bonds is 11. The lowest BCUT2D eigenvalue weighted by molar-refractivity contribution is -0.137. The first kappa shape index (κ1) is 19.1. The van der Waals surface area contributed by atoms with Crippen LogP contribution in [0, 0.1) is 23.7 Å². The van der Waals surface area contributed by atoms with Gasteiger partial charge in [0, 0.05) is 18.8 Å². The predicted octanol–water partition coefficient (Wildman–Crippen LogP) is 5.80. The normalized spacial score (nSPS) is 20.6. The third-order valence-corrected chi connectivity index (χ3v) is 4.82. The molecule has 0 bridgehead atoms. The first-order valence-corrected chi connectivity index (χ1v) is 9.44. The molecule has 0 heterocycles. The van der Waals surface area contributed by atoms with Crippen molar-refractivity contribution in [2.24, 2.45) is 11.8 Å². The zero-order chi connectivity index (χ0) is 16.0. The second kappa shape index (κ2) is 12.6. The monoisotopic (exact) mass is 306 g/mol. The van der Waals surface area contributed by atoms with Crippen molar-refractivity contribution in [2.45, 2.75) is 96.8 Å². The number of carboxylic acid groups (broad SMARTS) is 1. The van der Waals surface area contributed by atoms with Crippen LogP contribution in [-0.4, -0.2) is 11.1 Å². The molecular weight excluding hydrogens is 272 g/mol. The van der Waals surface area contributed by atoms with Crippen molar-refractivity contribution in [2.75, 3.05) is 0 Å². The highest BCUT2D eigenvalue weighted by atomic mass is 16.4. The molecule has 0 aromatic rings. The fourth-order valence-corrected chi connectivity index (χ4v) is 3.45. The lowest BCUT2D eigenvalue weighted by Crippen LogP contribution is -2.05. The zero-order valence-corrected chi connectivity index (χ0v) is 14.4. The summed E-state index contributed by atoms with van der Waals surface area (Å²) in [5.74, 6) is 7.76. The van der Waals surface area contributed by atoms with Gasteiger partial charge in [0.2, 0.25) is 0 Å². The van der Waals surface area contributed by atoms with Crippen LogP contribution in [0.25, 0.3) is 0 Å². The Morgan fingerprint density at radius 2 is 1.82 bits per heavy atom. The van der Waals surface area contributed by atoms with Crippen molar-refractivity contribution in [3.63, 3.8) is 0 Å². The van der Waals surface area contributed by atoms with Crippen molar-refractivity contribution in [1.29, 1.82) is 0 Å². The van der Waals surface area contributed by atoms with E-state index in [1.807, 2.05) is 0 Å². The van der Waals surface area contributed by atoms with Crippen LogP contribution in [0.15, 0.2) is 0 Å². The van der Waals surface area contributed by atoms with Gasteiger partial charge < -0.3 is 5.11 Å². The highest BCUT2D eigenvalue weighted by molar-refractivity contribution is 5.66. The molecule has 1 N–H and O–H groups in total. The average Bonchev–Trinajstić information content (AvgIpc) is 2.93. The quantitative estimate of drug-likeness (QED) is 0.387. The van der Waals surface area contributed by atoms with E-state index < -0.39 is 5.97 Å². The van der Waals surface area contributed by atoms with E-state index in [1.165, 1.54) is 64.2 Å². The maximum atomic E-state index is 10.5. The predicted molar refractivity (Wildman–Crippen MR) is 92.7 cm³/mol. The molecule has 0 radical (unpaired) electrons. The van der Waals surface area contributed by atoms with Gasteiger partial charge >= 0.3 is 5.97 Å². The summed E-state index contributed by atoms with van der Waals surface area (Å²) in [6, 6.07) is 0. The van der Waals surface area contributed by atoms with Gasteiger partial charge in [0.05, 0.1) is 0 Å². The average molecular weight is 306 g/mol. The maximum absolute atomic E-state index is 10.5. The molecule has 0 spiro atoms. The summed E-state index contributed by atoms with van der Waals surface area (Å²) < 4.78 is 0. The topological polar surface area (TPSA) is 37.3 Å². The third-order valence-electron chi connectivity index (χ3n) is 4.82. The van der Waals surface area contributed by atoms with E-state index in [-0.39, 0.29) is 0 Å². The van der Waals surface area contributed by atoms with Gasteiger partial charge in [0.15, 0.2) is 0 Å². The number of hydrogen-bond donors (Lipinski definition) is 1. The molecule has 2 nitrogen and oxygen atoms in total. The summed E-state index contributed by atoms with van der Waals surface area (Å²) >= 11 is 0. The molecule has 2 heteroatoms. The van der Waals surface area contributed by atoms with E-state index in [4.69, 9.17) is 5.11 Å². The van der Waals surface area contributed by atoms with E-state index in [0.29, 0.717) is 12.3 Å². The van der Waals surface area contributed by atoms with E-state index in [0.717, 1.165) is 25.2 Å². The van der Waals surface area contributed by atoms with Gasteiger partial charge in [-0.2, -0.15) is 0 Å². The van der Waals surface area contributed by atoms with E-state index in [1.54, 1.807) is 0 Å². The Bertz CT molecular complexity index is 350. The van der Waals surface area contributed by atoms with Crippen LogP contribution in [0.5, 0.6) is 0 Å². The fraction of sp³-hybridized carbons (Fsp3) is 0.850. The molecular formula is C20H34O2. The van der Waals surface area contributed by atoms with Gasteiger partial charge in [-0.05, 0) is 38.0 Å². The van der Waals surface area contributed by atoms with Crippen LogP contribution in [0.2, 0.25) is 0 Å². The number of carbonyl (C=O) groups is 1. The van der Waals surface area contributed by atoms with Gasteiger partial charge in [-0.1, -0.05) is 57.8 Å². The van der Waals surface area contributed by atoms with Crippen molar-refractivity contribution in [3.8, 4) is 11.8 Å². The van der Waals surface area contributed by atoms with Crippen molar-refractivity contribution >= 4 is 5.97 Å². The van der Waals surface area contributed by atoms with Crippen LogP contribution in [0.3, 0.4) is 0 Å². The van der Waals surface area contributed by atoms with Gasteiger partial charge in [-0.15, -0.1) is 5.92 Å². The minimum absolute atomic E-state index is 0.329. The molecule has 0 saturated heterocycles. The Balaban J connectivity index is 2.09. The Morgan fingerprint density at radius 1 is 1.05 bits per heavy atom. The van der Waals surface area contributed by atoms with Gasteiger partial charge in [0.25, 0.3) is 0 Å². The molecule has 1 fully saturated rings. The first-order valence-electron chi connectivity index (χ1n) is 9.44. The van der Waals surface area contributed by atoms with Crippen LogP contribution < -0.4 is 0 Å². The summed E-state index contributed by atoms with van der Waals surface area (Å²) in [5, 5.41) is 8.61. The Kier molecular flexibility index (Phi) is 10.9. The minimum Gasteiger partial charge on any atom is -0.481 e. The second-order valence-corrected chi connectivity index (χ2v) is 6.78. The molecule has 1 aliphatic carbocycles. The Labute approximate surface area is 137 Å². The van der Waals surface area contributed by atoms with Crippen LogP contribution in [-0.2, 0) is 4.79 Å². The molecule has 2 atom stereocenters. The van der Waals surface area contributed by atoms with Crippen molar-refractivity contribution in [1.82, 2.24) is 0 Å². The SMILES string of the molecule is CCCCCCC#C[C@H]1CCC[C@@H]1CCCCCCC(=O)O. The molecule has 126 valence electrons. The largest absolute Gasteiger partial charge is 0.481 e. The van der Waals surface area contributed by atoms with E-state index >= 15 is 0 Å². The van der Waals surface area contributed by atoms with Crippen LogP contribution in [0.1, 0.15) is 96.8 Å². The number of aliphatic carboxylic acids is 1. The van der Waals surface area contributed by atoms with Crippen LogP contribution in [0.4, 0.5) is 0 Å². The molecule has 0 aromatic heterocycles. The Hall–Kier alpha value is -0.970. The number of unbranched alkanes of at least 4 members (excludes halogenated alkanes) is 7. The van der Waals surface area contributed by atoms with Crippen molar-refractivity contribution in [3.05, 3.63) is 0 Å². The fourth-order valence-electron chi connectivity index (χ4n) is 3.45. The summed E-state index contributed by atoms with van der Waals surface area (Å²) in [5.41, 5.74) is 0. The minimum atomic E-state index is -0.662. The molecule has 1 saturated carbocycles.